The summed E-state index contributed by atoms with van der Waals surface area (Å²) in [7, 11) is -3.38. The monoisotopic (exact) mass is 353 g/mol. The van der Waals surface area contributed by atoms with Crippen molar-refractivity contribution < 1.29 is 13.2 Å². The van der Waals surface area contributed by atoms with Gasteiger partial charge in [0.25, 0.3) is 5.91 Å². The zero-order valence-electron chi connectivity index (χ0n) is 13.7. The summed E-state index contributed by atoms with van der Waals surface area (Å²) < 4.78 is 27.7. The van der Waals surface area contributed by atoms with Gasteiger partial charge < -0.3 is 0 Å². The second kappa shape index (κ2) is 6.01. The van der Waals surface area contributed by atoms with Crippen molar-refractivity contribution in [2.24, 2.45) is 0 Å². The van der Waals surface area contributed by atoms with Crippen LogP contribution in [0.4, 0.5) is 5.13 Å². The van der Waals surface area contributed by atoms with Gasteiger partial charge in [-0.15, -0.1) is 0 Å². The molecular weight excluding hydrogens is 334 g/mol. The standard InChI is InChI=1S/C15H19N3O3S2/c1-9-6-7-10(8-11(9)23(5,20)21)12(19)16-14-17-13(18-22-14)15(2,3)4/h6-8H,1-5H3,(H,16,17,18,19). The number of nitrogens with one attached hydrogen (secondary N) is 1. The Hall–Kier alpha value is -1.80. The maximum atomic E-state index is 12.3. The summed E-state index contributed by atoms with van der Waals surface area (Å²) >= 11 is 1.10. The fourth-order valence-corrected chi connectivity index (χ4v) is 3.64. The van der Waals surface area contributed by atoms with Gasteiger partial charge in [0.15, 0.2) is 9.84 Å². The van der Waals surface area contributed by atoms with Gasteiger partial charge in [-0.2, -0.15) is 4.37 Å². The summed E-state index contributed by atoms with van der Waals surface area (Å²) in [5.74, 6) is 0.241. The topological polar surface area (TPSA) is 89.0 Å². The van der Waals surface area contributed by atoms with Gasteiger partial charge >= 0.3 is 0 Å². The second-order valence-corrected chi connectivity index (χ2v) is 9.12. The summed E-state index contributed by atoms with van der Waals surface area (Å²) in [5.41, 5.74) is 0.672. The third-order valence-corrected chi connectivity index (χ3v) is 5.04. The van der Waals surface area contributed by atoms with Crippen LogP contribution in [-0.4, -0.2) is 29.9 Å². The van der Waals surface area contributed by atoms with Crippen LogP contribution in [0, 0.1) is 6.92 Å². The number of hydrogen-bond acceptors (Lipinski definition) is 6. The zero-order valence-corrected chi connectivity index (χ0v) is 15.3. The lowest BCUT2D eigenvalue weighted by Gasteiger charge is -2.12. The minimum Gasteiger partial charge on any atom is -0.297 e. The Morgan fingerprint density at radius 1 is 1.26 bits per heavy atom. The number of benzene rings is 1. The minimum atomic E-state index is -3.38. The number of aryl methyl sites for hydroxylation is 1. The predicted molar refractivity (Wildman–Crippen MR) is 90.9 cm³/mol. The van der Waals surface area contributed by atoms with Gasteiger partial charge in [-0.1, -0.05) is 26.8 Å². The highest BCUT2D eigenvalue weighted by Gasteiger charge is 2.21. The number of carbonyl (C=O) groups is 1. The Morgan fingerprint density at radius 2 is 1.91 bits per heavy atom. The van der Waals surface area contributed by atoms with Crippen LogP contribution in [-0.2, 0) is 15.3 Å². The first-order valence-electron chi connectivity index (χ1n) is 6.95. The molecule has 2 rings (SSSR count). The van der Waals surface area contributed by atoms with Crippen LogP contribution < -0.4 is 5.32 Å². The van der Waals surface area contributed by atoms with Crippen LogP contribution >= 0.6 is 11.5 Å². The molecule has 1 amide bonds. The van der Waals surface area contributed by atoms with Crippen molar-refractivity contribution in [2.75, 3.05) is 11.6 Å². The average molecular weight is 353 g/mol. The molecule has 0 atom stereocenters. The van der Waals surface area contributed by atoms with Gasteiger partial charge in [-0.05, 0) is 24.6 Å². The van der Waals surface area contributed by atoms with E-state index in [1.54, 1.807) is 19.1 Å². The van der Waals surface area contributed by atoms with Gasteiger partial charge in [-0.25, -0.2) is 13.4 Å². The van der Waals surface area contributed by atoms with Crippen molar-refractivity contribution in [3.8, 4) is 0 Å². The molecule has 0 aliphatic rings. The molecule has 23 heavy (non-hydrogen) atoms. The summed E-state index contributed by atoms with van der Waals surface area (Å²) in [4.78, 5) is 16.7. The third kappa shape index (κ3) is 4.14. The number of aromatic nitrogens is 2. The van der Waals surface area contributed by atoms with E-state index in [-0.39, 0.29) is 15.9 Å². The Bertz CT molecular complexity index is 849. The molecule has 0 fully saturated rings. The van der Waals surface area contributed by atoms with Gasteiger partial charge in [0, 0.05) is 28.8 Å². The van der Waals surface area contributed by atoms with E-state index in [0.29, 0.717) is 16.5 Å². The van der Waals surface area contributed by atoms with Crippen LogP contribution in [0.2, 0.25) is 0 Å². The number of amides is 1. The highest BCUT2D eigenvalue weighted by atomic mass is 32.2. The molecule has 0 saturated carbocycles. The van der Waals surface area contributed by atoms with Crippen molar-refractivity contribution >= 4 is 32.4 Å². The summed E-state index contributed by atoms with van der Waals surface area (Å²) in [6, 6.07) is 4.59. The first-order chi connectivity index (χ1) is 10.5. The molecular formula is C15H19N3O3S2. The zero-order chi connectivity index (χ0) is 17.4. The number of anilines is 1. The van der Waals surface area contributed by atoms with Gasteiger partial charge in [0.1, 0.15) is 5.82 Å². The molecule has 1 N–H and O–H groups in total. The molecule has 0 radical (unpaired) electrons. The van der Waals surface area contributed by atoms with Crippen LogP contribution in [0.3, 0.4) is 0 Å². The Morgan fingerprint density at radius 3 is 2.43 bits per heavy atom. The predicted octanol–water partition coefficient (Wildman–Crippen LogP) is 2.80. The maximum Gasteiger partial charge on any atom is 0.257 e. The largest absolute Gasteiger partial charge is 0.297 e. The van der Waals surface area contributed by atoms with Crippen molar-refractivity contribution in [3.05, 3.63) is 35.2 Å². The van der Waals surface area contributed by atoms with Crippen LogP contribution in [0.5, 0.6) is 0 Å². The molecule has 0 aliphatic heterocycles. The lowest BCUT2D eigenvalue weighted by molar-refractivity contribution is 0.102. The van der Waals surface area contributed by atoms with Crippen molar-refractivity contribution in [2.45, 2.75) is 38.0 Å². The van der Waals surface area contributed by atoms with Gasteiger partial charge in [0.05, 0.1) is 4.90 Å². The highest BCUT2D eigenvalue weighted by molar-refractivity contribution is 7.90. The van der Waals surface area contributed by atoms with Gasteiger partial charge in [0.2, 0.25) is 5.13 Å². The SMILES string of the molecule is Cc1ccc(C(=O)Nc2nc(C(C)(C)C)ns2)cc1S(C)(=O)=O. The molecule has 0 spiro atoms. The molecule has 6 nitrogen and oxygen atoms in total. The Labute approximate surface area is 140 Å². The van der Waals surface area contributed by atoms with E-state index in [4.69, 9.17) is 0 Å². The smallest absolute Gasteiger partial charge is 0.257 e. The number of rotatable bonds is 3. The molecule has 0 bridgehead atoms. The first-order valence-corrected chi connectivity index (χ1v) is 9.61. The van der Waals surface area contributed by atoms with Crippen molar-refractivity contribution in [1.29, 1.82) is 0 Å². The van der Waals surface area contributed by atoms with E-state index in [9.17, 15) is 13.2 Å². The summed E-state index contributed by atoms with van der Waals surface area (Å²) in [6.07, 6.45) is 1.12. The molecule has 1 aromatic carbocycles. The number of carbonyl (C=O) groups excluding carboxylic acids is 1. The summed E-state index contributed by atoms with van der Waals surface area (Å²) in [6.45, 7) is 7.65. The summed E-state index contributed by atoms with van der Waals surface area (Å²) in [5, 5.41) is 3.05. The average Bonchev–Trinajstić information content (AvgIpc) is 2.86. The number of hydrogen-bond donors (Lipinski definition) is 1. The first kappa shape index (κ1) is 17.6. The molecule has 8 heteroatoms. The molecule has 2 aromatic rings. The molecule has 124 valence electrons. The molecule has 0 saturated heterocycles. The van der Waals surface area contributed by atoms with E-state index in [1.807, 2.05) is 20.8 Å². The Balaban J connectivity index is 2.27. The maximum absolute atomic E-state index is 12.3. The minimum absolute atomic E-state index is 0.151. The van der Waals surface area contributed by atoms with E-state index in [1.165, 1.54) is 6.07 Å². The lowest BCUT2D eigenvalue weighted by atomic mass is 9.96. The van der Waals surface area contributed by atoms with Crippen LogP contribution in [0.15, 0.2) is 23.1 Å². The fraction of sp³-hybridized carbons (Fsp3) is 0.400. The van der Waals surface area contributed by atoms with Crippen LogP contribution in [0.1, 0.15) is 42.5 Å². The number of sulfone groups is 1. The second-order valence-electron chi connectivity index (χ2n) is 6.38. The quantitative estimate of drug-likeness (QED) is 0.916. The molecule has 0 unspecified atom stereocenters. The highest BCUT2D eigenvalue weighted by Crippen LogP contribution is 2.24. The van der Waals surface area contributed by atoms with E-state index >= 15 is 0 Å². The van der Waals surface area contributed by atoms with Crippen molar-refractivity contribution in [1.82, 2.24) is 9.36 Å². The van der Waals surface area contributed by atoms with Crippen LogP contribution in [0.25, 0.3) is 0 Å². The van der Waals surface area contributed by atoms with Gasteiger partial charge in [-0.3, -0.25) is 10.1 Å². The fourth-order valence-electron chi connectivity index (χ4n) is 1.89. The normalized spacial score (nSPS) is 12.2. The van der Waals surface area contributed by atoms with Crippen molar-refractivity contribution in [3.63, 3.8) is 0 Å². The third-order valence-electron chi connectivity index (χ3n) is 3.17. The Kier molecular flexibility index (Phi) is 4.59. The van der Waals surface area contributed by atoms with E-state index in [2.05, 4.69) is 14.7 Å². The van der Waals surface area contributed by atoms with E-state index in [0.717, 1.165) is 17.8 Å². The molecule has 0 aliphatic carbocycles. The lowest BCUT2D eigenvalue weighted by Crippen LogP contribution is -2.15. The number of nitrogens with zero attached hydrogens (tertiary/aromatic N) is 2. The van der Waals surface area contributed by atoms with E-state index < -0.39 is 15.7 Å². The molecule has 1 heterocycles. The molecule has 1 aromatic heterocycles.